The fourth-order valence-electron chi connectivity index (χ4n) is 4.52. The molecular weight excluding hydrogens is 443 g/mol. The van der Waals surface area contributed by atoms with E-state index >= 15 is 0 Å². The van der Waals surface area contributed by atoms with E-state index in [0.717, 1.165) is 30.7 Å². The molecule has 5 nitrogen and oxygen atoms in total. The highest BCUT2D eigenvalue weighted by Crippen LogP contribution is 2.49. The molecule has 1 aliphatic heterocycles. The summed E-state index contributed by atoms with van der Waals surface area (Å²) in [6.07, 6.45) is -0.823. The Morgan fingerprint density at radius 2 is 2.03 bits per heavy atom. The largest absolute Gasteiger partial charge is 0.492 e. The van der Waals surface area contributed by atoms with Gasteiger partial charge in [-0.05, 0) is 81.2 Å². The Balaban J connectivity index is 1.42. The van der Waals surface area contributed by atoms with Gasteiger partial charge >= 0.3 is 6.18 Å². The summed E-state index contributed by atoms with van der Waals surface area (Å²) in [6, 6.07) is 11.4. The maximum atomic E-state index is 13.6. The molecule has 34 heavy (non-hydrogen) atoms. The summed E-state index contributed by atoms with van der Waals surface area (Å²) >= 11 is 0. The highest BCUT2D eigenvalue weighted by molar-refractivity contribution is 5.97. The predicted molar refractivity (Wildman–Crippen MR) is 123 cm³/mol. The monoisotopic (exact) mass is 469 g/mol. The van der Waals surface area contributed by atoms with E-state index in [1.54, 1.807) is 18.2 Å². The van der Waals surface area contributed by atoms with Crippen molar-refractivity contribution in [3.05, 3.63) is 70.9 Å². The van der Waals surface area contributed by atoms with Crippen molar-refractivity contribution in [3.8, 4) is 5.75 Å². The van der Waals surface area contributed by atoms with Gasteiger partial charge in [-0.25, -0.2) is 0 Å². The molecule has 178 valence electrons. The minimum atomic E-state index is -4.50. The molecule has 0 bridgehead atoms. The van der Waals surface area contributed by atoms with E-state index in [9.17, 15) is 18.0 Å². The molecule has 2 aliphatic rings. The summed E-state index contributed by atoms with van der Waals surface area (Å²) in [5.74, 6) is 0.283. The van der Waals surface area contributed by atoms with E-state index in [0.29, 0.717) is 47.8 Å². The Morgan fingerprint density at radius 3 is 2.68 bits per heavy atom. The molecule has 1 atom stereocenters. The Labute approximate surface area is 195 Å². The van der Waals surface area contributed by atoms with Gasteiger partial charge in [0.1, 0.15) is 12.4 Å². The Morgan fingerprint density at radius 1 is 1.24 bits per heavy atom. The van der Waals surface area contributed by atoms with Crippen LogP contribution in [0.2, 0.25) is 0 Å². The van der Waals surface area contributed by atoms with Crippen molar-refractivity contribution in [2.75, 3.05) is 20.2 Å². The quantitative estimate of drug-likeness (QED) is 0.548. The zero-order chi connectivity index (χ0) is 24.1. The number of amides is 1. The Bertz CT molecular complexity index is 1250. The third kappa shape index (κ3) is 4.22. The molecule has 1 aromatic heterocycles. The molecule has 1 amide bonds. The minimum Gasteiger partial charge on any atom is -0.492 e. The summed E-state index contributed by atoms with van der Waals surface area (Å²) in [4.78, 5) is 19.7. The highest BCUT2D eigenvalue weighted by atomic mass is 19.4. The van der Waals surface area contributed by atoms with E-state index < -0.39 is 17.3 Å². The molecule has 2 aromatic carbocycles. The lowest BCUT2D eigenvalue weighted by molar-refractivity contribution is -0.137. The summed E-state index contributed by atoms with van der Waals surface area (Å²) < 4.78 is 46.7. The number of ether oxygens (including phenoxy) is 1. The number of halogens is 3. The van der Waals surface area contributed by atoms with Gasteiger partial charge in [0.2, 0.25) is 0 Å². The fraction of sp³-hybridized carbons (Fsp3) is 0.385. The predicted octanol–water partition coefficient (Wildman–Crippen LogP) is 5.06. The van der Waals surface area contributed by atoms with Gasteiger partial charge in [0.15, 0.2) is 0 Å². The average molecular weight is 470 g/mol. The van der Waals surface area contributed by atoms with Crippen LogP contribution in [0.3, 0.4) is 0 Å². The van der Waals surface area contributed by atoms with Crippen molar-refractivity contribution >= 4 is 16.8 Å². The first-order chi connectivity index (χ1) is 16.2. The average Bonchev–Trinajstić information content (AvgIpc) is 3.58. The van der Waals surface area contributed by atoms with Crippen molar-refractivity contribution < 1.29 is 22.7 Å². The van der Waals surface area contributed by atoms with Crippen LogP contribution in [0.5, 0.6) is 5.75 Å². The van der Waals surface area contributed by atoms with Crippen LogP contribution in [0.4, 0.5) is 13.2 Å². The summed E-state index contributed by atoms with van der Waals surface area (Å²) in [7, 11) is 2.05. The van der Waals surface area contributed by atoms with Crippen LogP contribution in [0.15, 0.2) is 48.7 Å². The van der Waals surface area contributed by atoms with Gasteiger partial charge in [-0.3, -0.25) is 14.7 Å². The summed E-state index contributed by atoms with van der Waals surface area (Å²) in [6.45, 7) is 3.44. The number of carbonyl (C=O) groups excluding carboxylic acids is 1. The number of benzene rings is 2. The molecule has 5 rings (SSSR count). The second-order valence-electron chi connectivity index (χ2n) is 9.34. The smallest absolute Gasteiger partial charge is 0.416 e. The SMILES string of the molecule is Cc1ccc(OC[C@@H]2CCN2C)cc1C(=O)NC1(c2cc(C(F)(F)F)cc3ncccc23)CC1. The molecule has 3 aromatic rings. The third-order valence-electron chi connectivity index (χ3n) is 7.00. The third-order valence-corrected chi connectivity index (χ3v) is 7.00. The van der Waals surface area contributed by atoms with Gasteiger partial charge in [0, 0.05) is 23.2 Å². The molecule has 2 fully saturated rings. The number of likely N-dealkylation sites (N-methyl/N-ethyl adjacent to an activating group) is 1. The minimum absolute atomic E-state index is 0.264. The lowest BCUT2D eigenvalue weighted by atomic mass is 9.95. The number of hydrogen-bond donors (Lipinski definition) is 1. The van der Waals surface area contributed by atoms with Crippen molar-refractivity contribution in [2.24, 2.45) is 0 Å². The fourth-order valence-corrected chi connectivity index (χ4v) is 4.52. The van der Waals surface area contributed by atoms with Crippen LogP contribution < -0.4 is 10.1 Å². The topological polar surface area (TPSA) is 54.5 Å². The van der Waals surface area contributed by atoms with Crippen LogP contribution in [0.25, 0.3) is 10.9 Å². The number of alkyl halides is 3. The van der Waals surface area contributed by atoms with Gasteiger partial charge < -0.3 is 10.1 Å². The molecular formula is C26H26F3N3O2. The normalized spacial score (nSPS) is 19.5. The number of carbonyl (C=O) groups is 1. The highest BCUT2D eigenvalue weighted by Gasteiger charge is 2.48. The Kier molecular flexibility index (Phi) is 5.51. The maximum absolute atomic E-state index is 13.6. The summed E-state index contributed by atoms with van der Waals surface area (Å²) in [5.41, 5.74) is 0.341. The molecule has 0 radical (unpaired) electrons. The molecule has 8 heteroatoms. The van der Waals surface area contributed by atoms with Gasteiger partial charge in [0.25, 0.3) is 5.91 Å². The van der Waals surface area contributed by atoms with Crippen molar-refractivity contribution in [1.29, 1.82) is 0 Å². The van der Waals surface area contributed by atoms with E-state index in [1.165, 1.54) is 6.20 Å². The van der Waals surface area contributed by atoms with Crippen molar-refractivity contribution in [3.63, 3.8) is 0 Å². The first kappa shape index (κ1) is 22.7. The number of aryl methyl sites for hydroxylation is 1. The second-order valence-corrected chi connectivity index (χ2v) is 9.34. The lowest BCUT2D eigenvalue weighted by Crippen LogP contribution is -2.48. The van der Waals surface area contributed by atoms with E-state index in [1.807, 2.05) is 26.1 Å². The van der Waals surface area contributed by atoms with Crippen LogP contribution in [0.1, 0.15) is 46.3 Å². The number of nitrogens with zero attached hydrogens (tertiary/aromatic N) is 2. The molecule has 1 N–H and O–H groups in total. The standard InChI is InChI=1S/C26H26F3N3O2/c1-16-5-6-19(34-15-18-7-11-32(18)2)14-21(16)24(33)31-25(8-9-25)22-12-17(26(27,28)29)13-23-20(22)4-3-10-30-23/h3-6,10,12-14,18H,7-9,11,15H2,1-2H3,(H,31,33)/t18-/m0/s1. The molecule has 1 saturated heterocycles. The number of aromatic nitrogens is 1. The van der Waals surface area contributed by atoms with Crippen molar-refractivity contribution in [1.82, 2.24) is 15.2 Å². The number of rotatable bonds is 6. The van der Waals surface area contributed by atoms with Gasteiger partial charge in [-0.15, -0.1) is 0 Å². The lowest BCUT2D eigenvalue weighted by Gasteiger charge is -2.37. The van der Waals surface area contributed by atoms with Crippen molar-refractivity contribution in [2.45, 2.75) is 43.9 Å². The zero-order valence-electron chi connectivity index (χ0n) is 19.1. The zero-order valence-corrected chi connectivity index (χ0v) is 19.1. The molecule has 1 saturated carbocycles. The van der Waals surface area contributed by atoms with Gasteiger partial charge in [-0.1, -0.05) is 12.1 Å². The van der Waals surface area contributed by atoms with E-state index in [-0.39, 0.29) is 11.4 Å². The summed E-state index contributed by atoms with van der Waals surface area (Å²) in [5, 5.41) is 3.65. The van der Waals surface area contributed by atoms with Crippen LogP contribution in [-0.2, 0) is 11.7 Å². The maximum Gasteiger partial charge on any atom is 0.416 e. The molecule has 1 aliphatic carbocycles. The second kappa shape index (κ2) is 8.27. The number of likely N-dealkylation sites (tertiary alicyclic amines) is 1. The van der Waals surface area contributed by atoms with Crippen LogP contribution >= 0.6 is 0 Å². The molecule has 0 spiro atoms. The van der Waals surface area contributed by atoms with E-state index in [2.05, 4.69) is 15.2 Å². The first-order valence-corrected chi connectivity index (χ1v) is 11.4. The number of nitrogens with one attached hydrogen (secondary N) is 1. The van der Waals surface area contributed by atoms with Gasteiger partial charge in [-0.2, -0.15) is 13.2 Å². The molecule has 2 heterocycles. The van der Waals surface area contributed by atoms with Crippen LogP contribution in [-0.4, -0.2) is 42.0 Å². The Hall–Kier alpha value is -3.13. The number of hydrogen-bond acceptors (Lipinski definition) is 4. The van der Waals surface area contributed by atoms with Gasteiger partial charge in [0.05, 0.1) is 16.6 Å². The van der Waals surface area contributed by atoms with Crippen LogP contribution in [0, 0.1) is 6.92 Å². The molecule has 0 unspecified atom stereocenters. The number of fused-ring (bicyclic) bond motifs is 1. The van der Waals surface area contributed by atoms with E-state index in [4.69, 9.17) is 4.74 Å². The first-order valence-electron chi connectivity index (χ1n) is 11.4. The number of pyridine rings is 1.